The van der Waals surface area contributed by atoms with Gasteiger partial charge in [0.15, 0.2) is 0 Å². The quantitative estimate of drug-likeness (QED) is 0.369. The largest absolute Gasteiger partial charge is 0.378 e. The van der Waals surface area contributed by atoms with E-state index in [2.05, 4.69) is 13.8 Å². The molecule has 3 rings (SSSR count). The molecule has 1 nitrogen and oxygen atoms in total. The van der Waals surface area contributed by atoms with Crippen LogP contribution in [-0.2, 0) is 4.74 Å². The zero-order valence-corrected chi connectivity index (χ0v) is 18.6. The van der Waals surface area contributed by atoms with Gasteiger partial charge in [0, 0.05) is 6.61 Å². The van der Waals surface area contributed by atoms with E-state index in [1.54, 1.807) is 38.5 Å². The van der Waals surface area contributed by atoms with Crippen LogP contribution in [0.4, 0.5) is 0 Å². The van der Waals surface area contributed by atoms with E-state index in [0.717, 1.165) is 36.2 Å². The number of hydrogen-bond acceptors (Lipinski definition) is 1. The van der Waals surface area contributed by atoms with Crippen LogP contribution in [0.15, 0.2) is 0 Å². The topological polar surface area (TPSA) is 9.23 Å². The SMILES string of the molecule is CCCCCC1CCC(C2CCC(C3CCCC(OCCC)C3)CC2)CC1. The summed E-state index contributed by atoms with van der Waals surface area (Å²) in [7, 11) is 0. The van der Waals surface area contributed by atoms with Crippen LogP contribution in [0.1, 0.15) is 123 Å². The van der Waals surface area contributed by atoms with Crippen molar-refractivity contribution in [2.45, 2.75) is 129 Å². The average molecular weight is 377 g/mol. The average Bonchev–Trinajstić information content (AvgIpc) is 2.73. The Morgan fingerprint density at radius 1 is 0.630 bits per heavy atom. The standard InChI is InChI=1S/C26H48O/c1-3-5-6-8-21-11-13-22(14-12-21)23-15-17-24(18-16-23)25-9-7-10-26(20-25)27-19-4-2/h21-26H,3-20H2,1-2H3. The summed E-state index contributed by atoms with van der Waals surface area (Å²) < 4.78 is 6.11. The van der Waals surface area contributed by atoms with Gasteiger partial charge in [-0.2, -0.15) is 0 Å². The van der Waals surface area contributed by atoms with Gasteiger partial charge in [0.1, 0.15) is 0 Å². The first-order valence-electron chi connectivity index (χ1n) is 12.9. The Morgan fingerprint density at radius 2 is 1.26 bits per heavy atom. The molecule has 0 aromatic carbocycles. The summed E-state index contributed by atoms with van der Waals surface area (Å²) in [5.41, 5.74) is 0. The van der Waals surface area contributed by atoms with E-state index in [9.17, 15) is 0 Å². The van der Waals surface area contributed by atoms with Crippen molar-refractivity contribution in [3.8, 4) is 0 Å². The van der Waals surface area contributed by atoms with Crippen LogP contribution >= 0.6 is 0 Å². The molecule has 0 saturated heterocycles. The molecule has 2 atom stereocenters. The highest BCUT2D eigenvalue weighted by molar-refractivity contribution is 4.86. The van der Waals surface area contributed by atoms with Crippen LogP contribution < -0.4 is 0 Å². The molecule has 1 heteroatoms. The van der Waals surface area contributed by atoms with E-state index in [1.165, 1.54) is 70.6 Å². The van der Waals surface area contributed by atoms with Gasteiger partial charge in [0.05, 0.1) is 6.10 Å². The van der Waals surface area contributed by atoms with Crippen LogP contribution in [-0.4, -0.2) is 12.7 Å². The molecule has 0 aromatic rings. The molecule has 0 amide bonds. The van der Waals surface area contributed by atoms with E-state index in [4.69, 9.17) is 4.74 Å². The summed E-state index contributed by atoms with van der Waals surface area (Å²) in [4.78, 5) is 0. The Kier molecular flexibility index (Phi) is 9.50. The first kappa shape index (κ1) is 21.7. The van der Waals surface area contributed by atoms with Crippen LogP contribution in [0.25, 0.3) is 0 Å². The molecule has 3 fully saturated rings. The van der Waals surface area contributed by atoms with Crippen LogP contribution in [0.2, 0.25) is 0 Å². The molecular formula is C26H48O. The van der Waals surface area contributed by atoms with Crippen molar-refractivity contribution in [3.05, 3.63) is 0 Å². The fourth-order valence-corrected chi connectivity index (χ4v) is 6.76. The molecule has 0 radical (unpaired) electrons. The molecule has 27 heavy (non-hydrogen) atoms. The number of rotatable bonds is 9. The number of unbranched alkanes of at least 4 members (excludes halogenated alkanes) is 2. The summed E-state index contributed by atoms with van der Waals surface area (Å²) in [5.74, 6) is 5.25. The van der Waals surface area contributed by atoms with Crippen molar-refractivity contribution in [3.63, 3.8) is 0 Å². The Labute approximate surface area is 170 Å². The Morgan fingerprint density at radius 3 is 1.89 bits per heavy atom. The third-order valence-corrected chi connectivity index (χ3v) is 8.48. The molecule has 3 aliphatic rings. The Balaban J connectivity index is 1.34. The molecule has 0 spiro atoms. The zero-order chi connectivity index (χ0) is 18.9. The van der Waals surface area contributed by atoms with E-state index in [-0.39, 0.29) is 0 Å². The highest BCUT2D eigenvalue weighted by Gasteiger charge is 2.35. The lowest BCUT2D eigenvalue weighted by molar-refractivity contribution is -0.00367. The summed E-state index contributed by atoms with van der Waals surface area (Å²) in [5, 5.41) is 0. The molecule has 0 N–H and O–H groups in total. The first-order chi connectivity index (χ1) is 13.3. The summed E-state index contributed by atoms with van der Waals surface area (Å²) >= 11 is 0. The predicted molar refractivity (Wildman–Crippen MR) is 117 cm³/mol. The van der Waals surface area contributed by atoms with Crippen molar-refractivity contribution in [2.75, 3.05) is 6.61 Å². The van der Waals surface area contributed by atoms with Gasteiger partial charge < -0.3 is 4.74 Å². The van der Waals surface area contributed by atoms with Crippen molar-refractivity contribution in [1.29, 1.82) is 0 Å². The third kappa shape index (κ3) is 6.76. The minimum atomic E-state index is 0.587. The monoisotopic (exact) mass is 376 g/mol. The number of ether oxygens (including phenoxy) is 1. The molecule has 3 saturated carbocycles. The second kappa shape index (κ2) is 11.8. The van der Waals surface area contributed by atoms with Gasteiger partial charge in [-0.15, -0.1) is 0 Å². The fourth-order valence-electron chi connectivity index (χ4n) is 6.76. The van der Waals surface area contributed by atoms with Gasteiger partial charge in [-0.25, -0.2) is 0 Å². The van der Waals surface area contributed by atoms with Gasteiger partial charge >= 0.3 is 0 Å². The predicted octanol–water partition coefficient (Wildman–Crippen LogP) is 8.16. The molecule has 2 unspecified atom stereocenters. The second-order valence-electron chi connectivity index (χ2n) is 10.4. The maximum atomic E-state index is 6.11. The van der Waals surface area contributed by atoms with Crippen molar-refractivity contribution in [2.24, 2.45) is 29.6 Å². The maximum absolute atomic E-state index is 6.11. The molecule has 3 aliphatic carbocycles. The third-order valence-electron chi connectivity index (χ3n) is 8.48. The number of hydrogen-bond donors (Lipinski definition) is 0. The molecule has 0 heterocycles. The molecule has 158 valence electrons. The van der Waals surface area contributed by atoms with Gasteiger partial charge in [-0.3, -0.25) is 0 Å². The fraction of sp³-hybridized carbons (Fsp3) is 1.00. The van der Waals surface area contributed by atoms with E-state index >= 15 is 0 Å². The van der Waals surface area contributed by atoms with Crippen LogP contribution in [0.5, 0.6) is 0 Å². The minimum absolute atomic E-state index is 0.587. The Bertz CT molecular complexity index is 376. The van der Waals surface area contributed by atoms with E-state index < -0.39 is 0 Å². The summed E-state index contributed by atoms with van der Waals surface area (Å²) in [6.45, 7) is 5.55. The molecule has 0 bridgehead atoms. The molecule has 0 aromatic heterocycles. The van der Waals surface area contributed by atoms with Crippen LogP contribution in [0.3, 0.4) is 0 Å². The first-order valence-corrected chi connectivity index (χ1v) is 12.9. The molecule has 0 aliphatic heterocycles. The highest BCUT2D eigenvalue weighted by Crippen LogP contribution is 2.46. The molecular weight excluding hydrogens is 328 g/mol. The van der Waals surface area contributed by atoms with Gasteiger partial charge in [-0.05, 0) is 93.8 Å². The van der Waals surface area contributed by atoms with Gasteiger partial charge in [0.25, 0.3) is 0 Å². The van der Waals surface area contributed by atoms with Crippen LogP contribution in [0, 0.1) is 29.6 Å². The Hall–Kier alpha value is -0.0400. The lowest BCUT2D eigenvalue weighted by Crippen LogP contribution is -2.32. The van der Waals surface area contributed by atoms with Crippen molar-refractivity contribution < 1.29 is 4.74 Å². The van der Waals surface area contributed by atoms with E-state index in [1.807, 2.05) is 0 Å². The zero-order valence-electron chi connectivity index (χ0n) is 18.6. The summed E-state index contributed by atoms with van der Waals surface area (Å²) in [6.07, 6.45) is 25.6. The lowest BCUT2D eigenvalue weighted by atomic mass is 9.65. The van der Waals surface area contributed by atoms with Crippen molar-refractivity contribution in [1.82, 2.24) is 0 Å². The normalized spacial score (nSPS) is 38.0. The van der Waals surface area contributed by atoms with Crippen molar-refractivity contribution >= 4 is 0 Å². The van der Waals surface area contributed by atoms with Gasteiger partial charge in [-0.1, -0.05) is 58.8 Å². The minimum Gasteiger partial charge on any atom is -0.378 e. The van der Waals surface area contributed by atoms with Gasteiger partial charge in [0.2, 0.25) is 0 Å². The maximum Gasteiger partial charge on any atom is 0.0577 e. The smallest absolute Gasteiger partial charge is 0.0577 e. The van der Waals surface area contributed by atoms with E-state index in [0.29, 0.717) is 6.10 Å². The summed E-state index contributed by atoms with van der Waals surface area (Å²) in [6, 6.07) is 0. The highest BCUT2D eigenvalue weighted by atomic mass is 16.5. The lowest BCUT2D eigenvalue weighted by Gasteiger charge is -2.41. The second-order valence-corrected chi connectivity index (χ2v) is 10.4.